The Labute approximate surface area is 265 Å². The highest BCUT2D eigenvalue weighted by atomic mass is 16.5. The first-order chi connectivity index (χ1) is 21.4. The lowest BCUT2D eigenvalue weighted by Crippen LogP contribution is -2.29. The van der Waals surface area contributed by atoms with Crippen molar-refractivity contribution in [1.82, 2.24) is 16.0 Å². The highest BCUT2D eigenvalue weighted by molar-refractivity contribution is 6.04. The highest BCUT2D eigenvalue weighted by Crippen LogP contribution is 2.13. The fourth-order valence-electron chi connectivity index (χ4n) is 4.61. The standard InChI is InChI=1S/C36H57N3O5/c1-4-7-10-12-14-18-23-37-34(41)30-27-31(35(42)38-24-19-15-13-11-8-5-2)29-32(28-30)36(43)39-25-20-16-21-26-44-33(40)22-17-9-6-3/h6,9,17,22,27-29H,4-5,7-8,10-16,18-21,23-26H2,1-3H3,(H,37,41)(H,38,42)(H,39,43)/b9-6+,22-17+. The average Bonchev–Trinajstić information content (AvgIpc) is 3.03. The van der Waals surface area contributed by atoms with Crippen LogP contribution in [0.25, 0.3) is 0 Å². The molecule has 0 saturated carbocycles. The number of ether oxygens (including phenoxy) is 1. The molecule has 3 N–H and O–H groups in total. The summed E-state index contributed by atoms with van der Waals surface area (Å²) in [5.41, 5.74) is 0.890. The lowest BCUT2D eigenvalue weighted by atomic mass is 10.0. The van der Waals surface area contributed by atoms with Gasteiger partial charge in [-0.3, -0.25) is 14.4 Å². The molecule has 1 aromatic carbocycles. The number of nitrogens with one attached hydrogen (secondary N) is 3. The molecule has 0 aliphatic rings. The van der Waals surface area contributed by atoms with Gasteiger partial charge in [0.25, 0.3) is 17.7 Å². The zero-order valence-electron chi connectivity index (χ0n) is 27.5. The number of benzene rings is 1. The first-order valence-corrected chi connectivity index (χ1v) is 16.9. The zero-order chi connectivity index (χ0) is 32.3. The topological polar surface area (TPSA) is 114 Å². The number of carbonyl (C=O) groups excluding carboxylic acids is 4. The van der Waals surface area contributed by atoms with Gasteiger partial charge in [0.1, 0.15) is 0 Å². The number of esters is 1. The largest absolute Gasteiger partial charge is 0.463 e. The molecule has 8 heteroatoms. The second-order valence-corrected chi connectivity index (χ2v) is 11.2. The van der Waals surface area contributed by atoms with Crippen molar-refractivity contribution in [3.8, 4) is 0 Å². The van der Waals surface area contributed by atoms with Crippen LogP contribution in [-0.2, 0) is 9.53 Å². The van der Waals surface area contributed by atoms with E-state index in [0.717, 1.165) is 44.9 Å². The third-order valence-electron chi connectivity index (χ3n) is 7.24. The van der Waals surface area contributed by atoms with Gasteiger partial charge in [0, 0.05) is 42.4 Å². The van der Waals surface area contributed by atoms with Gasteiger partial charge >= 0.3 is 5.97 Å². The number of allylic oxidation sites excluding steroid dienone is 3. The minimum Gasteiger partial charge on any atom is -0.463 e. The molecule has 1 aromatic rings. The van der Waals surface area contributed by atoms with Crippen LogP contribution in [0.2, 0.25) is 0 Å². The Morgan fingerprint density at radius 3 is 1.36 bits per heavy atom. The van der Waals surface area contributed by atoms with Crippen LogP contribution in [0.4, 0.5) is 0 Å². The Hall–Kier alpha value is -3.42. The Morgan fingerprint density at radius 1 is 0.568 bits per heavy atom. The number of hydrogen-bond acceptors (Lipinski definition) is 5. The molecule has 8 nitrogen and oxygen atoms in total. The normalized spacial score (nSPS) is 11.2. The summed E-state index contributed by atoms with van der Waals surface area (Å²) >= 11 is 0. The third-order valence-corrected chi connectivity index (χ3v) is 7.24. The Kier molecular flexibility index (Phi) is 22.8. The summed E-state index contributed by atoms with van der Waals surface area (Å²) in [4.78, 5) is 50.6. The van der Waals surface area contributed by atoms with Crippen molar-refractivity contribution in [2.45, 2.75) is 117 Å². The minimum absolute atomic E-state index is 0.281. The van der Waals surface area contributed by atoms with Crippen LogP contribution >= 0.6 is 0 Å². The maximum Gasteiger partial charge on any atom is 0.330 e. The molecule has 0 aliphatic carbocycles. The van der Waals surface area contributed by atoms with Crippen LogP contribution < -0.4 is 16.0 Å². The van der Waals surface area contributed by atoms with Gasteiger partial charge in [-0.15, -0.1) is 0 Å². The van der Waals surface area contributed by atoms with Crippen molar-refractivity contribution in [3.63, 3.8) is 0 Å². The molecular formula is C36H57N3O5. The number of unbranched alkanes of at least 4 members (excludes halogenated alkanes) is 12. The third kappa shape index (κ3) is 19.0. The molecule has 0 unspecified atom stereocenters. The van der Waals surface area contributed by atoms with E-state index in [1.807, 2.05) is 13.0 Å². The van der Waals surface area contributed by atoms with Crippen LogP contribution in [0.3, 0.4) is 0 Å². The van der Waals surface area contributed by atoms with Crippen molar-refractivity contribution in [3.05, 3.63) is 59.2 Å². The first kappa shape index (κ1) is 38.6. The van der Waals surface area contributed by atoms with E-state index in [1.54, 1.807) is 30.4 Å². The van der Waals surface area contributed by atoms with E-state index in [-0.39, 0.29) is 29.3 Å². The molecular weight excluding hydrogens is 554 g/mol. The van der Waals surface area contributed by atoms with E-state index in [2.05, 4.69) is 29.8 Å². The van der Waals surface area contributed by atoms with E-state index >= 15 is 0 Å². The van der Waals surface area contributed by atoms with Gasteiger partial charge in [-0.25, -0.2) is 4.79 Å². The molecule has 3 amide bonds. The van der Waals surface area contributed by atoms with Crippen LogP contribution in [0, 0.1) is 0 Å². The fraction of sp³-hybridized carbons (Fsp3) is 0.611. The van der Waals surface area contributed by atoms with Crippen LogP contribution in [0.5, 0.6) is 0 Å². The average molecular weight is 612 g/mol. The Bertz CT molecular complexity index is 986. The molecule has 0 aliphatic heterocycles. The lowest BCUT2D eigenvalue weighted by molar-refractivity contribution is -0.137. The molecule has 246 valence electrons. The molecule has 0 bridgehead atoms. The van der Waals surface area contributed by atoms with Crippen molar-refractivity contribution < 1.29 is 23.9 Å². The maximum absolute atomic E-state index is 13.0. The minimum atomic E-state index is -0.376. The molecule has 0 heterocycles. The summed E-state index contributed by atoms with van der Waals surface area (Å²) in [5.74, 6) is -1.28. The van der Waals surface area contributed by atoms with E-state index < -0.39 is 0 Å². The van der Waals surface area contributed by atoms with Crippen LogP contribution in [-0.4, -0.2) is 49.9 Å². The smallest absolute Gasteiger partial charge is 0.330 e. The number of rotatable bonds is 25. The van der Waals surface area contributed by atoms with Gasteiger partial charge in [-0.05, 0) is 57.2 Å². The maximum atomic E-state index is 13.0. The molecule has 0 radical (unpaired) electrons. The fourth-order valence-corrected chi connectivity index (χ4v) is 4.61. The van der Waals surface area contributed by atoms with Crippen molar-refractivity contribution >= 4 is 23.7 Å². The molecule has 0 aromatic heterocycles. The summed E-state index contributed by atoms with van der Waals surface area (Å²) in [6.07, 6.45) is 22.3. The van der Waals surface area contributed by atoms with E-state index in [0.29, 0.717) is 50.2 Å². The number of amides is 3. The van der Waals surface area contributed by atoms with Crippen molar-refractivity contribution in [1.29, 1.82) is 0 Å². The van der Waals surface area contributed by atoms with E-state index in [1.165, 1.54) is 44.6 Å². The Balaban J connectivity index is 2.68. The first-order valence-electron chi connectivity index (χ1n) is 16.9. The summed E-state index contributed by atoms with van der Waals surface area (Å²) in [6, 6.07) is 4.67. The van der Waals surface area contributed by atoms with Crippen molar-refractivity contribution in [2.24, 2.45) is 0 Å². The molecule has 1 rings (SSSR count). The van der Waals surface area contributed by atoms with Crippen LogP contribution in [0.15, 0.2) is 42.5 Å². The predicted molar refractivity (Wildman–Crippen MR) is 179 cm³/mol. The van der Waals surface area contributed by atoms with E-state index in [9.17, 15) is 19.2 Å². The predicted octanol–water partition coefficient (Wildman–Crippen LogP) is 7.44. The van der Waals surface area contributed by atoms with Gasteiger partial charge in [-0.1, -0.05) is 96.3 Å². The van der Waals surface area contributed by atoms with Gasteiger partial charge in [-0.2, -0.15) is 0 Å². The summed E-state index contributed by atoms with van der Waals surface area (Å²) in [6.45, 7) is 8.11. The summed E-state index contributed by atoms with van der Waals surface area (Å²) in [5, 5.41) is 8.78. The molecule has 0 fully saturated rings. The quantitative estimate of drug-likeness (QED) is 0.0460. The molecule has 0 spiro atoms. The Morgan fingerprint density at radius 2 is 0.955 bits per heavy atom. The van der Waals surface area contributed by atoms with Gasteiger partial charge in [0.2, 0.25) is 0 Å². The molecule has 44 heavy (non-hydrogen) atoms. The van der Waals surface area contributed by atoms with Gasteiger partial charge in [0.05, 0.1) is 6.61 Å². The monoisotopic (exact) mass is 611 g/mol. The van der Waals surface area contributed by atoms with Crippen LogP contribution in [0.1, 0.15) is 148 Å². The highest BCUT2D eigenvalue weighted by Gasteiger charge is 2.16. The summed E-state index contributed by atoms with van der Waals surface area (Å²) < 4.78 is 5.15. The molecule has 0 atom stereocenters. The zero-order valence-corrected chi connectivity index (χ0v) is 27.5. The lowest BCUT2D eigenvalue weighted by Gasteiger charge is -2.12. The van der Waals surface area contributed by atoms with Gasteiger partial charge in [0.15, 0.2) is 0 Å². The second kappa shape index (κ2) is 26.0. The second-order valence-electron chi connectivity index (χ2n) is 11.2. The number of hydrogen-bond donors (Lipinski definition) is 3. The van der Waals surface area contributed by atoms with E-state index in [4.69, 9.17) is 4.74 Å². The molecule has 0 saturated heterocycles. The van der Waals surface area contributed by atoms with Gasteiger partial charge < -0.3 is 20.7 Å². The SMILES string of the molecule is C/C=C/C=C/C(=O)OCCCCCNC(=O)c1cc(C(=O)NCCCCCCCC)cc(C(=O)NCCCCCCCC)c1. The number of carbonyl (C=O) groups is 4. The summed E-state index contributed by atoms with van der Waals surface area (Å²) in [7, 11) is 0. The van der Waals surface area contributed by atoms with Crippen molar-refractivity contribution in [2.75, 3.05) is 26.2 Å².